The number of unbranched alkanes of at least 4 members (excludes halogenated alkanes) is 25. The highest BCUT2D eigenvalue weighted by atomic mass is 16.5. The van der Waals surface area contributed by atoms with Crippen molar-refractivity contribution in [1.82, 2.24) is 0 Å². The van der Waals surface area contributed by atoms with E-state index in [0.717, 1.165) is 6.42 Å². The van der Waals surface area contributed by atoms with Crippen LogP contribution >= 0.6 is 0 Å². The van der Waals surface area contributed by atoms with E-state index >= 15 is 0 Å². The van der Waals surface area contributed by atoms with Gasteiger partial charge in [-0.25, -0.2) is 0 Å². The Morgan fingerprint density at radius 3 is 1.12 bits per heavy atom. The van der Waals surface area contributed by atoms with Crippen LogP contribution in [0.1, 0.15) is 186 Å². The molecule has 1 rings (SSSR count). The molecular formula is C39H70O3. The molecule has 0 amide bonds. The van der Waals surface area contributed by atoms with Gasteiger partial charge in [0.25, 0.3) is 0 Å². The summed E-state index contributed by atoms with van der Waals surface area (Å²) in [6, 6.07) is 3.86. The Kier molecular flexibility index (Phi) is 26.9. The lowest BCUT2D eigenvalue weighted by molar-refractivity contribution is 0.339. The van der Waals surface area contributed by atoms with Crippen LogP contribution in [-0.2, 0) is 6.42 Å². The molecule has 0 saturated heterocycles. The van der Waals surface area contributed by atoms with Crippen molar-refractivity contribution in [2.24, 2.45) is 0 Å². The van der Waals surface area contributed by atoms with Gasteiger partial charge < -0.3 is 14.6 Å². The number of benzene rings is 1. The summed E-state index contributed by atoms with van der Waals surface area (Å²) in [7, 11) is 3.17. The molecule has 0 unspecified atom stereocenters. The predicted octanol–water partition coefficient (Wildman–Crippen LogP) is 13.1. The zero-order valence-electron chi connectivity index (χ0n) is 28.4. The number of allylic oxidation sites excluding steroid dienone is 2. The van der Waals surface area contributed by atoms with Gasteiger partial charge in [0, 0.05) is 0 Å². The Labute approximate surface area is 262 Å². The largest absolute Gasteiger partial charge is 0.502 e. The minimum absolute atomic E-state index is 0.0905. The first-order valence-electron chi connectivity index (χ1n) is 18.3. The molecule has 0 saturated carbocycles. The minimum atomic E-state index is 0.0905. The zero-order valence-corrected chi connectivity index (χ0v) is 28.4. The lowest BCUT2D eigenvalue weighted by atomic mass is 10.0. The van der Waals surface area contributed by atoms with Crippen molar-refractivity contribution in [3.8, 4) is 17.2 Å². The van der Waals surface area contributed by atoms with Crippen molar-refractivity contribution in [2.75, 3.05) is 14.2 Å². The van der Waals surface area contributed by atoms with E-state index in [9.17, 15) is 5.11 Å². The van der Waals surface area contributed by atoms with Crippen LogP contribution in [0.3, 0.4) is 0 Å². The van der Waals surface area contributed by atoms with Crippen LogP contribution in [-0.4, -0.2) is 19.3 Å². The van der Waals surface area contributed by atoms with Crippen molar-refractivity contribution in [3.05, 3.63) is 29.8 Å². The number of hydrogen-bond donors (Lipinski definition) is 1. The van der Waals surface area contributed by atoms with Crippen LogP contribution in [0.5, 0.6) is 17.2 Å². The molecule has 3 nitrogen and oxygen atoms in total. The molecule has 0 fully saturated rings. The monoisotopic (exact) mass is 587 g/mol. The molecular weight excluding hydrogens is 516 g/mol. The molecule has 0 heterocycles. The van der Waals surface area contributed by atoms with Gasteiger partial charge >= 0.3 is 0 Å². The van der Waals surface area contributed by atoms with E-state index in [-0.39, 0.29) is 5.75 Å². The third kappa shape index (κ3) is 22.0. The number of methoxy groups -OCH3 is 2. The molecule has 0 aliphatic rings. The van der Waals surface area contributed by atoms with Crippen LogP contribution in [0, 0.1) is 0 Å². The summed E-state index contributed by atoms with van der Waals surface area (Å²) in [6.07, 6.45) is 43.5. The van der Waals surface area contributed by atoms with Gasteiger partial charge in [0.15, 0.2) is 11.5 Å². The Morgan fingerprint density at radius 1 is 0.476 bits per heavy atom. The number of phenols is 1. The number of aryl methyl sites for hydroxylation is 1. The third-order valence-electron chi connectivity index (χ3n) is 8.77. The molecule has 1 aromatic carbocycles. The van der Waals surface area contributed by atoms with Crippen molar-refractivity contribution in [1.29, 1.82) is 0 Å². The van der Waals surface area contributed by atoms with E-state index in [1.807, 2.05) is 12.1 Å². The molecule has 3 heteroatoms. The molecule has 0 aliphatic heterocycles. The topological polar surface area (TPSA) is 38.7 Å². The quantitative estimate of drug-likeness (QED) is 0.0694. The first-order chi connectivity index (χ1) is 20.7. The van der Waals surface area contributed by atoms with E-state index < -0.39 is 0 Å². The summed E-state index contributed by atoms with van der Waals surface area (Å²) in [6.45, 7) is 2.29. The fraction of sp³-hybridized carbons (Fsp3) is 0.795. The average molecular weight is 587 g/mol. The highest BCUT2D eigenvalue weighted by Crippen LogP contribution is 2.37. The smallest absolute Gasteiger partial charge is 0.200 e. The fourth-order valence-electron chi connectivity index (χ4n) is 5.97. The van der Waals surface area contributed by atoms with Crippen molar-refractivity contribution in [3.63, 3.8) is 0 Å². The molecule has 0 radical (unpaired) electrons. The second-order valence-corrected chi connectivity index (χ2v) is 12.6. The summed E-state index contributed by atoms with van der Waals surface area (Å²) >= 11 is 0. The third-order valence-corrected chi connectivity index (χ3v) is 8.77. The van der Waals surface area contributed by atoms with Gasteiger partial charge in [-0.2, -0.15) is 0 Å². The molecule has 0 aromatic heterocycles. The van der Waals surface area contributed by atoms with E-state index in [1.54, 1.807) is 14.2 Å². The van der Waals surface area contributed by atoms with Crippen molar-refractivity contribution >= 4 is 0 Å². The van der Waals surface area contributed by atoms with Gasteiger partial charge in [0.05, 0.1) is 14.2 Å². The van der Waals surface area contributed by atoms with Crippen LogP contribution in [0.25, 0.3) is 0 Å². The highest BCUT2D eigenvalue weighted by molar-refractivity contribution is 5.52. The second kappa shape index (κ2) is 29.4. The number of hydrogen-bond acceptors (Lipinski definition) is 3. The van der Waals surface area contributed by atoms with Gasteiger partial charge in [-0.15, -0.1) is 0 Å². The molecule has 0 atom stereocenters. The Balaban J connectivity index is 1.76. The first-order valence-corrected chi connectivity index (χ1v) is 18.3. The fourth-order valence-corrected chi connectivity index (χ4v) is 5.97. The standard InChI is InChI=1S/C39H70O3/c1-4-5-6-7-8-9-10-11-12-13-14-15-16-17-18-19-20-21-22-23-24-25-26-27-28-29-30-31-32-33-36-34-37(41-2)39(40)38(35-36)42-3/h11-12,34-35,40H,4-10,13-33H2,1-3H3/b12-11+. The van der Waals surface area contributed by atoms with Gasteiger partial charge in [-0.3, -0.25) is 0 Å². The summed E-state index contributed by atoms with van der Waals surface area (Å²) in [4.78, 5) is 0. The number of aromatic hydroxyl groups is 1. The Morgan fingerprint density at radius 2 is 0.786 bits per heavy atom. The molecule has 0 aliphatic carbocycles. The molecule has 1 N–H and O–H groups in total. The molecule has 0 spiro atoms. The average Bonchev–Trinajstić information content (AvgIpc) is 3.00. The van der Waals surface area contributed by atoms with Crippen LogP contribution in [0.4, 0.5) is 0 Å². The summed E-state index contributed by atoms with van der Waals surface area (Å²) < 4.78 is 10.5. The maximum Gasteiger partial charge on any atom is 0.200 e. The normalized spacial score (nSPS) is 11.5. The van der Waals surface area contributed by atoms with E-state index in [4.69, 9.17) is 9.47 Å². The maximum absolute atomic E-state index is 10.0. The summed E-state index contributed by atoms with van der Waals surface area (Å²) in [5, 5.41) is 10.0. The SMILES string of the molecule is CCCCCCCC/C=C/CCCCCCCCCCCCCCCCCCCCCc1cc(OC)c(O)c(OC)c1. The summed E-state index contributed by atoms with van der Waals surface area (Å²) in [5.41, 5.74) is 1.17. The maximum atomic E-state index is 10.0. The Hall–Kier alpha value is -1.64. The van der Waals surface area contributed by atoms with Crippen LogP contribution in [0.15, 0.2) is 24.3 Å². The number of ether oxygens (including phenoxy) is 2. The van der Waals surface area contributed by atoms with Gasteiger partial charge in [0.2, 0.25) is 5.75 Å². The van der Waals surface area contributed by atoms with Crippen LogP contribution < -0.4 is 9.47 Å². The molecule has 0 bridgehead atoms. The Bertz CT molecular complexity index is 716. The molecule has 244 valence electrons. The van der Waals surface area contributed by atoms with E-state index in [0.29, 0.717) is 11.5 Å². The van der Waals surface area contributed by atoms with Gasteiger partial charge in [-0.1, -0.05) is 160 Å². The van der Waals surface area contributed by atoms with Gasteiger partial charge in [0.1, 0.15) is 0 Å². The number of rotatable bonds is 31. The van der Waals surface area contributed by atoms with Crippen molar-refractivity contribution in [2.45, 2.75) is 187 Å². The second-order valence-electron chi connectivity index (χ2n) is 12.6. The van der Waals surface area contributed by atoms with Crippen molar-refractivity contribution < 1.29 is 14.6 Å². The highest BCUT2D eigenvalue weighted by Gasteiger charge is 2.10. The van der Waals surface area contributed by atoms with Crippen LogP contribution in [0.2, 0.25) is 0 Å². The molecule has 1 aromatic rings. The lowest BCUT2D eigenvalue weighted by Gasteiger charge is -2.11. The lowest BCUT2D eigenvalue weighted by Crippen LogP contribution is -1.93. The predicted molar refractivity (Wildman–Crippen MR) is 184 cm³/mol. The van der Waals surface area contributed by atoms with E-state index in [1.165, 1.54) is 179 Å². The zero-order chi connectivity index (χ0) is 30.4. The first kappa shape index (κ1) is 38.4. The molecule has 42 heavy (non-hydrogen) atoms. The number of phenolic OH excluding ortho intramolecular Hbond substituents is 1. The minimum Gasteiger partial charge on any atom is -0.502 e. The van der Waals surface area contributed by atoms with Gasteiger partial charge in [-0.05, 0) is 56.2 Å². The van der Waals surface area contributed by atoms with E-state index in [2.05, 4.69) is 19.1 Å². The summed E-state index contributed by atoms with van der Waals surface area (Å²) in [5.74, 6) is 1.09.